The number of alkyl halides is 3. The first-order chi connectivity index (χ1) is 9.75. The number of ether oxygens (including phenoxy) is 1. The van der Waals surface area contributed by atoms with Crippen molar-refractivity contribution in [2.24, 2.45) is 0 Å². The summed E-state index contributed by atoms with van der Waals surface area (Å²) in [6, 6.07) is 3.75. The second-order valence-corrected chi connectivity index (χ2v) is 4.36. The van der Waals surface area contributed by atoms with Gasteiger partial charge in [0.25, 0.3) is 0 Å². The molecule has 0 bridgehead atoms. The fourth-order valence-corrected chi connectivity index (χ4v) is 1.69. The SMILES string of the molecule is COCCN(C)c1ccc(/C=C/C(=O)O)c(C(F)(F)F)c1. The zero-order valence-electron chi connectivity index (χ0n) is 11.6. The second-order valence-electron chi connectivity index (χ2n) is 4.36. The van der Waals surface area contributed by atoms with Crippen molar-refractivity contribution in [2.45, 2.75) is 6.18 Å². The lowest BCUT2D eigenvalue weighted by atomic mass is 10.0. The Morgan fingerprint density at radius 1 is 1.43 bits per heavy atom. The maximum absolute atomic E-state index is 13.0. The van der Waals surface area contributed by atoms with Gasteiger partial charge in [0, 0.05) is 32.5 Å². The van der Waals surface area contributed by atoms with Crippen LogP contribution in [0.1, 0.15) is 11.1 Å². The molecule has 1 aromatic carbocycles. The molecule has 0 unspecified atom stereocenters. The summed E-state index contributed by atoms with van der Waals surface area (Å²) in [6.45, 7) is 0.830. The number of methoxy groups -OCH3 is 1. The first-order valence-electron chi connectivity index (χ1n) is 6.08. The molecule has 21 heavy (non-hydrogen) atoms. The van der Waals surface area contributed by atoms with Crippen LogP contribution in [0.25, 0.3) is 6.08 Å². The van der Waals surface area contributed by atoms with Crippen molar-refractivity contribution >= 4 is 17.7 Å². The van der Waals surface area contributed by atoms with Crippen LogP contribution in [0.2, 0.25) is 0 Å². The minimum atomic E-state index is -4.56. The van der Waals surface area contributed by atoms with Crippen LogP contribution in [0.5, 0.6) is 0 Å². The lowest BCUT2D eigenvalue weighted by Gasteiger charge is -2.21. The number of nitrogens with zero attached hydrogens (tertiary/aromatic N) is 1. The van der Waals surface area contributed by atoms with E-state index in [2.05, 4.69) is 0 Å². The van der Waals surface area contributed by atoms with Gasteiger partial charge in [-0.25, -0.2) is 4.79 Å². The van der Waals surface area contributed by atoms with E-state index >= 15 is 0 Å². The van der Waals surface area contributed by atoms with Gasteiger partial charge < -0.3 is 14.7 Å². The molecule has 0 atom stereocenters. The predicted octanol–water partition coefficient (Wildman–Crippen LogP) is 2.89. The average Bonchev–Trinajstić information content (AvgIpc) is 2.41. The number of anilines is 1. The van der Waals surface area contributed by atoms with Crippen molar-refractivity contribution in [3.8, 4) is 0 Å². The molecule has 0 saturated carbocycles. The quantitative estimate of drug-likeness (QED) is 0.821. The molecule has 0 spiro atoms. The van der Waals surface area contributed by atoms with Crippen LogP contribution < -0.4 is 4.90 Å². The van der Waals surface area contributed by atoms with E-state index in [0.717, 1.165) is 12.1 Å². The van der Waals surface area contributed by atoms with Gasteiger partial charge in [-0.3, -0.25) is 0 Å². The summed E-state index contributed by atoms with van der Waals surface area (Å²) in [4.78, 5) is 12.1. The molecule has 7 heteroatoms. The van der Waals surface area contributed by atoms with Gasteiger partial charge in [-0.2, -0.15) is 13.2 Å². The Hall–Kier alpha value is -2.02. The summed E-state index contributed by atoms with van der Waals surface area (Å²) in [5.74, 6) is -1.30. The first kappa shape index (κ1) is 17.0. The molecule has 1 N–H and O–H groups in total. The largest absolute Gasteiger partial charge is 0.478 e. The second kappa shape index (κ2) is 7.12. The van der Waals surface area contributed by atoms with Gasteiger partial charge in [0.2, 0.25) is 0 Å². The van der Waals surface area contributed by atoms with Gasteiger partial charge in [-0.1, -0.05) is 6.07 Å². The molecular weight excluding hydrogens is 287 g/mol. The van der Waals surface area contributed by atoms with Crippen LogP contribution in [-0.4, -0.2) is 38.4 Å². The Morgan fingerprint density at radius 2 is 2.10 bits per heavy atom. The molecule has 0 aliphatic rings. The van der Waals surface area contributed by atoms with Crippen molar-refractivity contribution in [3.63, 3.8) is 0 Å². The van der Waals surface area contributed by atoms with E-state index in [1.807, 2.05) is 0 Å². The molecule has 0 aliphatic heterocycles. The van der Waals surface area contributed by atoms with Gasteiger partial charge in [-0.15, -0.1) is 0 Å². The van der Waals surface area contributed by atoms with E-state index in [1.54, 1.807) is 11.9 Å². The summed E-state index contributed by atoms with van der Waals surface area (Å²) in [6.07, 6.45) is -2.95. The van der Waals surface area contributed by atoms with Gasteiger partial charge >= 0.3 is 12.1 Å². The van der Waals surface area contributed by atoms with E-state index in [9.17, 15) is 18.0 Å². The number of halogens is 3. The van der Waals surface area contributed by atoms with Crippen LogP contribution in [-0.2, 0) is 15.7 Å². The Morgan fingerprint density at radius 3 is 2.62 bits per heavy atom. The van der Waals surface area contributed by atoms with E-state index in [4.69, 9.17) is 9.84 Å². The first-order valence-corrected chi connectivity index (χ1v) is 6.08. The highest BCUT2D eigenvalue weighted by atomic mass is 19.4. The number of aliphatic carboxylic acids is 1. The number of carbonyl (C=O) groups is 1. The number of hydrogen-bond acceptors (Lipinski definition) is 3. The monoisotopic (exact) mass is 303 g/mol. The number of rotatable bonds is 6. The number of likely N-dealkylation sites (N-methyl/N-ethyl adjacent to an activating group) is 1. The Bertz CT molecular complexity index is 527. The smallest absolute Gasteiger partial charge is 0.417 e. The van der Waals surface area contributed by atoms with Crippen molar-refractivity contribution in [1.29, 1.82) is 0 Å². The van der Waals surface area contributed by atoms with Crippen molar-refractivity contribution in [2.75, 3.05) is 32.2 Å². The maximum atomic E-state index is 13.0. The number of carboxylic acids is 1. The van der Waals surface area contributed by atoms with Crippen LogP contribution in [0.15, 0.2) is 24.3 Å². The number of carboxylic acid groups (broad SMARTS) is 1. The van der Waals surface area contributed by atoms with Gasteiger partial charge in [0.15, 0.2) is 0 Å². The zero-order valence-corrected chi connectivity index (χ0v) is 11.6. The summed E-state index contributed by atoms with van der Waals surface area (Å²) in [7, 11) is 3.16. The lowest BCUT2D eigenvalue weighted by Crippen LogP contribution is -2.22. The van der Waals surface area contributed by atoms with Crippen LogP contribution in [0, 0.1) is 0 Å². The Labute approximate surface area is 120 Å². The van der Waals surface area contributed by atoms with Crippen LogP contribution >= 0.6 is 0 Å². The third-order valence-electron chi connectivity index (χ3n) is 2.82. The summed E-state index contributed by atoms with van der Waals surface area (Å²) in [5, 5.41) is 8.52. The molecule has 0 amide bonds. The fraction of sp³-hybridized carbons (Fsp3) is 0.357. The van der Waals surface area contributed by atoms with Gasteiger partial charge in [0.05, 0.1) is 12.2 Å². The zero-order chi connectivity index (χ0) is 16.0. The lowest BCUT2D eigenvalue weighted by molar-refractivity contribution is -0.137. The van der Waals surface area contributed by atoms with Gasteiger partial charge in [0.1, 0.15) is 0 Å². The fourth-order valence-electron chi connectivity index (χ4n) is 1.69. The molecule has 0 saturated heterocycles. The maximum Gasteiger partial charge on any atom is 0.417 e. The normalized spacial score (nSPS) is 11.9. The van der Waals surface area contributed by atoms with Crippen molar-refractivity contribution in [3.05, 3.63) is 35.4 Å². The minimum absolute atomic E-state index is 0.186. The molecular formula is C14H16F3NO3. The third kappa shape index (κ3) is 5.11. The van der Waals surface area contributed by atoms with Gasteiger partial charge in [-0.05, 0) is 23.8 Å². The predicted molar refractivity (Wildman–Crippen MR) is 73.3 cm³/mol. The molecule has 1 rings (SSSR count). The molecule has 4 nitrogen and oxygen atoms in total. The molecule has 0 heterocycles. The topological polar surface area (TPSA) is 49.8 Å². The molecule has 0 aromatic heterocycles. The van der Waals surface area contributed by atoms with Crippen LogP contribution in [0.4, 0.5) is 18.9 Å². The molecule has 116 valence electrons. The number of hydrogen-bond donors (Lipinski definition) is 1. The van der Waals surface area contributed by atoms with E-state index in [1.165, 1.54) is 19.2 Å². The van der Waals surface area contributed by atoms with E-state index in [0.29, 0.717) is 24.9 Å². The van der Waals surface area contributed by atoms with Crippen molar-refractivity contribution < 1.29 is 27.8 Å². The molecule has 0 radical (unpaired) electrons. The van der Waals surface area contributed by atoms with E-state index < -0.39 is 17.7 Å². The highest BCUT2D eigenvalue weighted by Gasteiger charge is 2.33. The third-order valence-corrected chi connectivity index (χ3v) is 2.82. The molecule has 0 fully saturated rings. The highest BCUT2D eigenvalue weighted by molar-refractivity contribution is 5.85. The summed E-state index contributed by atoms with van der Waals surface area (Å²) >= 11 is 0. The van der Waals surface area contributed by atoms with Crippen molar-refractivity contribution in [1.82, 2.24) is 0 Å². The Kier molecular flexibility index (Phi) is 5.78. The summed E-state index contributed by atoms with van der Waals surface area (Å²) < 4.78 is 44.0. The Balaban J connectivity index is 3.16. The minimum Gasteiger partial charge on any atom is -0.478 e. The molecule has 1 aromatic rings. The highest BCUT2D eigenvalue weighted by Crippen LogP contribution is 2.35. The average molecular weight is 303 g/mol. The summed E-state index contributed by atoms with van der Waals surface area (Å²) in [5.41, 5.74) is -0.678. The van der Waals surface area contributed by atoms with E-state index in [-0.39, 0.29) is 5.56 Å². The van der Waals surface area contributed by atoms with Crippen LogP contribution in [0.3, 0.4) is 0 Å². The molecule has 0 aliphatic carbocycles. The number of benzene rings is 1. The standard InChI is InChI=1S/C14H16F3NO3/c1-18(7-8-21-2)11-5-3-10(4-6-13(19)20)12(9-11)14(15,16)17/h3-6,9H,7-8H2,1-2H3,(H,19,20)/b6-4+.